The van der Waals surface area contributed by atoms with Crippen LogP contribution in [0.15, 0.2) is 28.8 Å². The molecule has 0 radical (unpaired) electrons. The van der Waals surface area contributed by atoms with Gasteiger partial charge in [0.15, 0.2) is 5.82 Å². The minimum atomic E-state index is 0. The van der Waals surface area contributed by atoms with Crippen LogP contribution in [0.1, 0.15) is 36.7 Å². The van der Waals surface area contributed by atoms with Gasteiger partial charge in [0.2, 0.25) is 5.89 Å². The van der Waals surface area contributed by atoms with E-state index in [1.807, 2.05) is 18.2 Å². The number of halogens is 2. The first-order chi connectivity index (χ1) is 10.8. The first kappa shape index (κ1) is 18.2. The molecule has 1 aliphatic heterocycles. The normalized spacial score (nSPS) is 18.6. The summed E-state index contributed by atoms with van der Waals surface area (Å²) in [5, 5.41) is 8.25. The summed E-state index contributed by atoms with van der Waals surface area (Å²) in [4.78, 5) is 6.84. The van der Waals surface area contributed by atoms with Crippen LogP contribution in [0.2, 0.25) is 5.02 Å². The Balaban J connectivity index is 0.00000192. The van der Waals surface area contributed by atoms with Gasteiger partial charge in [0.1, 0.15) is 0 Å². The van der Waals surface area contributed by atoms with Gasteiger partial charge >= 0.3 is 0 Å². The Morgan fingerprint density at radius 3 is 3.09 bits per heavy atom. The van der Waals surface area contributed by atoms with Crippen LogP contribution in [-0.2, 0) is 13.0 Å². The van der Waals surface area contributed by atoms with Gasteiger partial charge in [-0.05, 0) is 24.1 Å². The Labute approximate surface area is 147 Å². The lowest BCUT2D eigenvalue weighted by Gasteiger charge is -2.35. The fraction of sp³-hybridized carbons (Fsp3) is 0.500. The lowest BCUT2D eigenvalue weighted by Crippen LogP contribution is -2.45. The Morgan fingerprint density at radius 2 is 2.30 bits per heavy atom. The summed E-state index contributed by atoms with van der Waals surface area (Å²) >= 11 is 6.13. The van der Waals surface area contributed by atoms with E-state index in [0.29, 0.717) is 12.4 Å². The van der Waals surface area contributed by atoms with Gasteiger partial charge in [-0.25, -0.2) is 0 Å². The quantitative estimate of drug-likeness (QED) is 0.890. The maximum Gasteiger partial charge on any atom is 0.240 e. The molecule has 0 aliphatic carbocycles. The van der Waals surface area contributed by atoms with E-state index < -0.39 is 0 Å². The van der Waals surface area contributed by atoms with Crippen LogP contribution >= 0.6 is 24.0 Å². The molecule has 1 saturated heterocycles. The van der Waals surface area contributed by atoms with E-state index >= 15 is 0 Å². The molecule has 1 unspecified atom stereocenters. The molecule has 3 rings (SSSR count). The zero-order valence-electron chi connectivity index (χ0n) is 13.2. The Morgan fingerprint density at radius 1 is 1.43 bits per heavy atom. The maximum atomic E-state index is 6.13. The van der Waals surface area contributed by atoms with Crippen molar-refractivity contribution in [3.8, 4) is 0 Å². The van der Waals surface area contributed by atoms with Gasteiger partial charge in [0.25, 0.3) is 0 Å². The molecular weight excluding hydrogens is 335 g/mol. The van der Waals surface area contributed by atoms with Crippen LogP contribution in [-0.4, -0.2) is 34.7 Å². The molecule has 1 aromatic heterocycles. The van der Waals surface area contributed by atoms with E-state index in [-0.39, 0.29) is 18.4 Å². The molecule has 5 nitrogen and oxygen atoms in total. The monoisotopic (exact) mass is 356 g/mol. The number of nitrogens with one attached hydrogen (secondary N) is 1. The van der Waals surface area contributed by atoms with Crippen LogP contribution < -0.4 is 5.32 Å². The zero-order valence-corrected chi connectivity index (χ0v) is 14.7. The van der Waals surface area contributed by atoms with E-state index in [2.05, 4.69) is 33.3 Å². The summed E-state index contributed by atoms with van der Waals surface area (Å²) in [6.07, 6.45) is 1.89. The lowest BCUT2D eigenvalue weighted by atomic mass is 10.0. The van der Waals surface area contributed by atoms with Crippen LogP contribution in [0, 0.1) is 0 Å². The van der Waals surface area contributed by atoms with Crippen molar-refractivity contribution in [1.29, 1.82) is 0 Å². The van der Waals surface area contributed by atoms with E-state index in [0.717, 1.165) is 43.3 Å². The smallest absolute Gasteiger partial charge is 0.240 e. The van der Waals surface area contributed by atoms with Crippen LogP contribution in [0.4, 0.5) is 0 Å². The Bertz CT molecular complexity index is 620. The highest BCUT2D eigenvalue weighted by Crippen LogP contribution is 2.25. The second-order valence-corrected chi connectivity index (χ2v) is 6.04. The van der Waals surface area contributed by atoms with Gasteiger partial charge in [0, 0.05) is 37.1 Å². The zero-order chi connectivity index (χ0) is 15.4. The summed E-state index contributed by atoms with van der Waals surface area (Å²) in [6, 6.07) is 8.32. The molecule has 0 amide bonds. The average Bonchev–Trinajstić information content (AvgIpc) is 2.95. The van der Waals surface area contributed by atoms with Crippen molar-refractivity contribution in [3.63, 3.8) is 0 Å². The molecule has 0 spiro atoms. The number of aryl methyl sites for hydroxylation is 1. The minimum absolute atomic E-state index is 0. The molecule has 1 aliphatic rings. The lowest BCUT2D eigenvalue weighted by molar-refractivity contribution is 0.135. The summed E-state index contributed by atoms with van der Waals surface area (Å²) in [7, 11) is 0. The summed E-state index contributed by atoms with van der Waals surface area (Å²) < 4.78 is 5.38. The van der Waals surface area contributed by atoms with Crippen LogP contribution in [0.5, 0.6) is 0 Å². The van der Waals surface area contributed by atoms with Crippen molar-refractivity contribution < 1.29 is 4.52 Å². The average molecular weight is 357 g/mol. The molecule has 126 valence electrons. The first-order valence-corrected chi connectivity index (χ1v) is 8.15. The molecule has 2 heterocycles. The Kier molecular flexibility index (Phi) is 6.84. The molecule has 0 saturated carbocycles. The summed E-state index contributed by atoms with van der Waals surface area (Å²) in [6.45, 7) is 5.60. The summed E-state index contributed by atoms with van der Waals surface area (Å²) in [5.74, 6) is 1.49. The third-order valence-corrected chi connectivity index (χ3v) is 4.14. The third kappa shape index (κ3) is 4.67. The maximum absolute atomic E-state index is 6.13. The fourth-order valence-corrected chi connectivity index (χ4v) is 3.03. The molecule has 1 fully saturated rings. The largest absolute Gasteiger partial charge is 0.338 e. The second-order valence-electron chi connectivity index (χ2n) is 5.60. The number of hydrogen-bond donors (Lipinski definition) is 1. The predicted molar refractivity (Wildman–Crippen MR) is 93.0 cm³/mol. The molecule has 23 heavy (non-hydrogen) atoms. The number of rotatable bonds is 5. The number of nitrogens with zero attached hydrogens (tertiary/aromatic N) is 3. The van der Waals surface area contributed by atoms with Crippen molar-refractivity contribution >= 4 is 24.0 Å². The van der Waals surface area contributed by atoms with Crippen molar-refractivity contribution in [2.75, 3.05) is 19.6 Å². The van der Waals surface area contributed by atoms with Crippen molar-refractivity contribution in [3.05, 3.63) is 46.6 Å². The first-order valence-electron chi connectivity index (χ1n) is 7.78. The highest BCUT2D eigenvalue weighted by atomic mass is 35.5. The van der Waals surface area contributed by atoms with Gasteiger partial charge in [-0.3, -0.25) is 4.90 Å². The molecule has 1 N–H and O–H groups in total. The van der Waals surface area contributed by atoms with Gasteiger partial charge in [-0.2, -0.15) is 4.98 Å². The van der Waals surface area contributed by atoms with E-state index in [4.69, 9.17) is 16.1 Å². The standard InChI is InChI=1S/C16H21ClN4O.ClH/c1-2-4-15-19-16(22-20-15)11-21-8-7-18-10-14(21)12-5-3-6-13(17)9-12;/h3,5-6,9,14,18H,2,4,7-8,10-11H2,1H3;1H. The van der Waals surface area contributed by atoms with E-state index in [1.165, 1.54) is 5.56 Å². The minimum Gasteiger partial charge on any atom is -0.338 e. The van der Waals surface area contributed by atoms with Crippen LogP contribution in [0.25, 0.3) is 0 Å². The predicted octanol–water partition coefficient (Wildman–Crippen LogP) is 3.24. The highest BCUT2D eigenvalue weighted by molar-refractivity contribution is 6.30. The topological polar surface area (TPSA) is 54.2 Å². The van der Waals surface area contributed by atoms with Crippen molar-refractivity contribution in [2.45, 2.75) is 32.4 Å². The second kappa shape index (κ2) is 8.64. The van der Waals surface area contributed by atoms with E-state index in [9.17, 15) is 0 Å². The number of piperazine rings is 1. The van der Waals surface area contributed by atoms with Gasteiger partial charge < -0.3 is 9.84 Å². The highest BCUT2D eigenvalue weighted by Gasteiger charge is 2.25. The molecule has 0 bridgehead atoms. The van der Waals surface area contributed by atoms with Crippen molar-refractivity contribution in [1.82, 2.24) is 20.4 Å². The Hall–Kier alpha value is -1.14. The van der Waals surface area contributed by atoms with Gasteiger partial charge in [-0.1, -0.05) is 35.8 Å². The van der Waals surface area contributed by atoms with Gasteiger partial charge in [0.05, 0.1) is 6.54 Å². The third-order valence-electron chi connectivity index (χ3n) is 3.91. The number of hydrogen-bond acceptors (Lipinski definition) is 5. The van der Waals surface area contributed by atoms with E-state index in [1.54, 1.807) is 0 Å². The molecule has 2 aromatic rings. The fourth-order valence-electron chi connectivity index (χ4n) is 2.83. The van der Waals surface area contributed by atoms with Crippen LogP contribution in [0.3, 0.4) is 0 Å². The SMILES string of the molecule is CCCc1noc(CN2CCNCC2c2cccc(Cl)c2)n1.Cl. The van der Waals surface area contributed by atoms with Gasteiger partial charge in [-0.15, -0.1) is 12.4 Å². The molecule has 1 atom stereocenters. The van der Waals surface area contributed by atoms with Crippen molar-refractivity contribution in [2.24, 2.45) is 0 Å². The summed E-state index contributed by atoms with van der Waals surface area (Å²) in [5.41, 5.74) is 1.22. The number of aromatic nitrogens is 2. The number of benzene rings is 1. The molecule has 7 heteroatoms. The molecular formula is C16H22Cl2N4O. The molecule has 1 aromatic carbocycles.